The molecule has 0 aliphatic carbocycles. The number of aromatic amines is 1. The summed E-state index contributed by atoms with van der Waals surface area (Å²) in [6.45, 7) is 0.725. The molecule has 5 heterocycles. The van der Waals surface area contributed by atoms with Crippen molar-refractivity contribution in [2.24, 2.45) is 5.92 Å². The number of carbonyl (C=O) groups is 1. The lowest BCUT2D eigenvalue weighted by Crippen LogP contribution is -2.66. The van der Waals surface area contributed by atoms with Gasteiger partial charge in [0.15, 0.2) is 18.9 Å². The third-order valence-electron chi connectivity index (χ3n) is 10.1. The number of ether oxygens (including phenoxy) is 7. The van der Waals surface area contributed by atoms with Crippen LogP contribution in [0, 0.1) is 5.92 Å². The van der Waals surface area contributed by atoms with Crippen molar-refractivity contribution in [3.8, 4) is 0 Å². The van der Waals surface area contributed by atoms with Gasteiger partial charge in [0, 0.05) is 19.2 Å². The first kappa shape index (κ1) is 43.1. The number of carboxylic acids is 1. The molecule has 18 atom stereocenters. The highest BCUT2D eigenvalue weighted by Crippen LogP contribution is 2.33. The average molecular weight is 784 g/mol. The Morgan fingerprint density at radius 1 is 0.796 bits per heavy atom. The smallest absolute Gasteiger partial charge is 0.321 e. The first-order valence-corrected chi connectivity index (χ1v) is 17.8. The fourth-order valence-corrected chi connectivity index (χ4v) is 7.10. The van der Waals surface area contributed by atoms with Gasteiger partial charge in [0.1, 0.15) is 79.3 Å². The zero-order chi connectivity index (χ0) is 39.4. The number of H-pyrrole nitrogens is 1. The predicted molar refractivity (Wildman–Crippen MR) is 174 cm³/mol. The number of aromatic nitrogens is 2. The van der Waals surface area contributed by atoms with Gasteiger partial charge >= 0.3 is 5.97 Å². The Bertz CT molecular complexity index is 1300. The van der Waals surface area contributed by atoms with Crippen LogP contribution in [0.15, 0.2) is 12.5 Å². The summed E-state index contributed by atoms with van der Waals surface area (Å²) in [6, 6.07) is -1.10. The van der Waals surface area contributed by atoms with Crippen molar-refractivity contribution in [2.75, 3.05) is 39.5 Å². The van der Waals surface area contributed by atoms with E-state index in [1.165, 1.54) is 11.2 Å². The van der Waals surface area contributed by atoms with Gasteiger partial charge in [0.05, 0.1) is 57.2 Å². The number of morpholine rings is 1. The lowest BCUT2D eigenvalue weighted by atomic mass is 9.89. The zero-order valence-corrected chi connectivity index (χ0v) is 29.7. The van der Waals surface area contributed by atoms with Crippen molar-refractivity contribution >= 4 is 5.97 Å². The Morgan fingerprint density at radius 3 is 2.06 bits per heavy atom. The third kappa shape index (κ3) is 9.55. The summed E-state index contributed by atoms with van der Waals surface area (Å²) in [7, 11) is 0. The molecule has 12 N–H and O–H groups in total. The van der Waals surface area contributed by atoms with E-state index in [-0.39, 0.29) is 25.4 Å². The normalized spacial score (nSPS) is 42.9. The molecule has 22 heteroatoms. The molecule has 22 nitrogen and oxygen atoms in total. The molecular weight excluding hydrogens is 730 g/mol. The monoisotopic (exact) mass is 783 g/mol. The van der Waals surface area contributed by atoms with Gasteiger partial charge in [-0.3, -0.25) is 9.69 Å². The summed E-state index contributed by atoms with van der Waals surface area (Å²) in [4.78, 5) is 20.6. The number of rotatable bonds is 15. The average Bonchev–Trinajstić information content (AvgIpc) is 3.67. The van der Waals surface area contributed by atoms with Crippen molar-refractivity contribution in [1.29, 1.82) is 0 Å². The highest BCUT2D eigenvalue weighted by atomic mass is 16.7. The molecule has 1 aromatic heterocycles. The number of aliphatic hydroxyl groups is 10. The van der Waals surface area contributed by atoms with E-state index in [9.17, 15) is 61.0 Å². The van der Waals surface area contributed by atoms with Crippen molar-refractivity contribution < 1.29 is 94.1 Å². The number of carboxylic acid groups (broad SMARTS) is 1. The molecule has 5 rings (SSSR count). The van der Waals surface area contributed by atoms with Gasteiger partial charge in [-0.2, -0.15) is 0 Å². The number of aliphatic carboxylic acids is 1. The molecule has 4 aliphatic heterocycles. The largest absolute Gasteiger partial charge is 0.480 e. The van der Waals surface area contributed by atoms with Crippen LogP contribution in [0.5, 0.6) is 0 Å². The molecule has 0 spiro atoms. The zero-order valence-electron chi connectivity index (χ0n) is 29.7. The Kier molecular flexibility index (Phi) is 15.1. The second-order valence-electron chi connectivity index (χ2n) is 14.2. The fourth-order valence-electron chi connectivity index (χ4n) is 7.10. The van der Waals surface area contributed by atoms with Gasteiger partial charge in [-0.15, -0.1) is 0 Å². The Balaban J connectivity index is 1.28. The van der Waals surface area contributed by atoms with Crippen LogP contribution in [0.1, 0.15) is 19.5 Å². The molecule has 4 saturated heterocycles. The van der Waals surface area contributed by atoms with E-state index >= 15 is 0 Å². The standard InChI is InChI=1S/C32H53N3O19/c1-12(2)27-25(44)28(54-32-24(43)23(42)20(39)16(8-37)52-32)22(41)18(50-27)10-48-31-26(45)29(21(40)17(9-38)51-31)53-19-6-35(5-14(7-36)49-19)15(30(46)47)3-13-4-33-11-34-13/h4,11-12,14-29,31-32,36-45H,3,5-10H2,1-2H3,(H,33,34)(H,46,47)/t14?,15-,16?,17?,18?,19?,20?,21?,22?,23?,24?,25?,26?,27?,28?,29?,31?,32?/m0/s1. The third-order valence-corrected chi connectivity index (χ3v) is 10.1. The molecule has 1 aromatic rings. The van der Waals surface area contributed by atoms with Crippen molar-refractivity contribution in [1.82, 2.24) is 14.9 Å². The molecule has 0 radical (unpaired) electrons. The molecule has 0 amide bonds. The van der Waals surface area contributed by atoms with Gasteiger partial charge < -0.3 is 94.3 Å². The van der Waals surface area contributed by atoms with Gasteiger partial charge in [-0.25, -0.2) is 4.98 Å². The second kappa shape index (κ2) is 18.9. The van der Waals surface area contributed by atoms with Crippen LogP contribution in [0.4, 0.5) is 0 Å². The van der Waals surface area contributed by atoms with Crippen LogP contribution in [0.3, 0.4) is 0 Å². The number of imidazole rings is 1. The van der Waals surface area contributed by atoms with E-state index in [4.69, 9.17) is 33.2 Å². The van der Waals surface area contributed by atoms with E-state index < -0.39 is 143 Å². The topological polar surface area (TPSA) is 336 Å². The van der Waals surface area contributed by atoms with Crippen LogP contribution in [0.2, 0.25) is 0 Å². The molecule has 0 bridgehead atoms. The maximum Gasteiger partial charge on any atom is 0.321 e. The summed E-state index contributed by atoms with van der Waals surface area (Å²) >= 11 is 0. The van der Waals surface area contributed by atoms with Gasteiger partial charge in [0.2, 0.25) is 0 Å². The minimum atomic E-state index is -1.83. The molecule has 17 unspecified atom stereocenters. The molecule has 310 valence electrons. The number of hydrogen-bond acceptors (Lipinski definition) is 20. The van der Waals surface area contributed by atoms with Crippen LogP contribution in [0.25, 0.3) is 0 Å². The molecule has 0 aromatic carbocycles. The van der Waals surface area contributed by atoms with E-state index in [1.807, 2.05) is 0 Å². The van der Waals surface area contributed by atoms with E-state index in [1.54, 1.807) is 20.0 Å². The number of aliphatic hydroxyl groups excluding tert-OH is 10. The number of hydrogen-bond donors (Lipinski definition) is 12. The second-order valence-corrected chi connectivity index (χ2v) is 14.2. The molecule has 4 aliphatic rings. The van der Waals surface area contributed by atoms with Crippen molar-refractivity contribution in [3.63, 3.8) is 0 Å². The van der Waals surface area contributed by atoms with E-state index in [2.05, 4.69) is 9.97 Å². The molecule has 4 fully saturated rings. The summed E-state index contributed by atoms with van der Waals surface area (Å²) < 4.78 is 40.3. The van der Waals surface area contributed by atoms with E-state index in [0.29, 0.717) is 5.69 Å². The van der Waals surface area contributed by atoms with Crippen LogP contribution in [-0.4, -0.2) is 227 Å². The summed E-state index contributed by atoms with van der Waals surface area (Å²) in [5, 5.41) is 115. The van der Waals surface area contributed by atoms with Gasteiger partial charge in [0.25, 0.3) is 0 Å². The number of nitrogens with one attached hydrogen (secondary N) is 1. The first-order chi connectivity index (χ1) is 25.7. The van der Waals surface area contributed by atoms with Crippen LogP contribution >= 0.6 is 0 Å². The fraction of sp³-hybridized carbons (Fsp3) is 0.875. The quantitative estimate of drug-likeness (QED) is 0.0787. The van der Waals surface area contributed by atoms with Gasteiger partial charge in [-0.1, -0.05) is 13.8 Å². The molecule has 0 saturated carbocycles. The highest BCUT2D eigenvalue weighted by Gasteiger charge is 2.53. The lowest BCUT2D eigenvalue weighted by Gasteiger charge is -2.48. The summed E-state index contributed by atoms with van der Waals surface area (Å²) in [5.74, 6) is -1.55. The van der Waals surface area contributed by atoms with E-state index in [0.717, 1.165) is 0 Å². The molecular formula is C32H53N3O19. The number of nitrogens with zero attached hydrogens (tertiary/aromatic N) is 2. The Morgan fingerprint density at radius 2 is 1.44 bits per heavy atom. The Hall–Kier alpha value is -2.04. The maximum absolute atomic E-state index is 12.3. The first-order valence-electron chi connectivity index (χ1n) is 17.8. The minimum absolute atomic E-state index is 0.00687. The summed E-state index contributed by atoms with van der Waals surface area (Å²) in [6.07, 6.45) is -22.6. The molecule has 54 heavy (non-hydrogen) atoms. The summed E-state index contributed by atoms with van der Waals surface area (Å²) in [5.41, 5.74) is 0.473. The van der Waals surface area contributed by atoms with Crippen LogP contribution < -0.4 is 0 Å². The maximum atomic E-state index is 12.3. The van der Waals surface area contributed by atoms with Gasteiger partial charge in [-0.05, 0) is 5.92 Å². The lowest BCUT2D eigenvalue weighted by molar-refractivity contribution is -0.354. The van der Waals surface area contributed by atoms with Crippen molar-refractivity contribution in [3.05, 3.63) is 18.2 Å². The predicted octanol–water partition coefficient (Wildman–Crippen LogP) is -6.40. The van der Waals surface area contributed by atoms with Crippen LogP contribution in [-0.2, 0) is 44.4 Å². The SMILES string of the molecule is CC(C)C1OC(COC2OC(CO)C(O)C(OC3CN([C@@H](Cc4c[nH]cn4)C(=O)O)CC(CO)O3)C2O)C(O)C(OC2OC(CO)C(O)C(O)C2O)C1O. The Labute approximate surface area is 309 Å². The highest BCUT2D eigenvalue weighted by molar-refractivity contribution is 5.73. The van der Waals surface area contributed by atoms with Crippen molar-refractivity contribution in [2.45, 2.75) is 131 Å². The minimum Gasteiger partial charge on any atom is -0.480 e.